The Labute approximate surface area is 220 Å². The quantitative estimate of drug-likeness (QED) is 0.323. The number of carbonyl (C=O) groups is 1. The number of nitrogens with zero attached hydrogens (tertiary/aromatic N) is 2. The third-order valence-corrected chi connectivity index (χ3v) is 8.05. The van der Waals surface area contributed by atoms with Crippen LogP contribution in [0.2, 0.25) is 15.1 Å². The van der Waals surface area contributed by atoms with Crippen molar-refractivity contribution in [3.63, 3.8) is 0 Å². The van der Waals surface area contributed by atoms with Crippen LogP contribution in [0.3, 0.4) is 0 Å². The van der Waals surface area contributed by atoms with Crippen molar-refractivity contribution in [1.82, 2.24) is 0 Å². The largest absolute Gasteiger partial charge is 0.435 e. The van der Waals surface area contributed by atoms with E-state index in [2.05, 4.69) is 9.52 Å². The van der Waals surface area contributed by atoms with Crippen LogP contribution < -0.4 is 0 Å². The SMILES string of the molecule is CS(=O)(=NC(=O)c1ccc(C2=NOC(c3cc(Cl)cc(Cl)c3)(C(F)(F)F)C2)cc1)c1ccccc1Cl. The fourth-order valence-electron chi connectivity index (χ4n) is 3.66. The molecule has 4 rings (SSSR count). The van der Waals surface area contributed by atoms with Gasteiger partial charge in [-0.2, -0.15) is 17.5 Å². The van der Waals surface area contributed by atoms with Crippen molar-refractivity contribution < 1.29 is 27.0 Å². The number of alkyl halides is 3. The topological polar surface area (TPSA) is 68.1 Å². The third-order valence-electron chi connectivity index (χ3n) is 5.48. The number of oxime groups is 1. The van der Waals surface area contributed by atoms with Gasteiger partial charge < -0.3 is 4.84 Å². The molecule has 0 aromatic heterocycles. The predicted octanol–water partition coefficient (Wildman–Crippen LogP) is 7.53. The Morgan fingerprint density at radius 2 is 1.64 bits per heavy atom. The summed E-state index contributed by atoms with van der Waals surface area (Å²) in [5.41, 5.74) is -2.66. The number of benzene rings is 3. The molecule has 0 radical (unpaired) electrons. The first kappa shape index (κ1) is 26.5. The van der Waals surface area contributed by atoms with Crippen LogP contribution in [0.15, 0.2) is 81.1 Å². The lowest BCUT2D eigenvalue weighted by atomic mass is 9.86. The molecule has 188 valence electrons. The Morgan fingerprint density at radius 3 is 2.22 bits per heavy atom. The van der Waals surface area contributed by atoms with Crippen molar-refractivity contribution in [3.8, 4) is 0 Å². The fraction of sp³-hybridized carbons (Fsp3) is 0.167. The standard InChI is InChI=1S/C24H16Cl3F3N2O3S/c1-36(34,21-5-3-2-4-19(21)27)32-22(33)15-8-6-14(7-9-15)20-13-23(35-31-20,24(28,29)30)16-10-17(25)12-18(26)11-16/h2-12H,13H2,1H3. The van der Waals surface area contributed by atoms with E-state index in [0.717, 1.165) is 12.1 Å². The maximum absolute atomic E-state index is 14.2. The fourth-order valence-corrected chi connectivity index (χ4v) is 6.04. The molecule has 3 aromatic rings. The number of halogens is 6. The van der Waals surface area contributed by atoms with E-state index in [1.807, 2.05) is 0 Å². The van der Waals surface area contributed by atoms with Gasteiger partial charge in [-0.25, -0.2) is 4.21 Å². The Bertz CT molecular complexity index is 1480. The Balaban J connectivity index is 1.61. The van der Waals surface area contributed by atoms with Gasteiger partial charge in [-0.15, -0.1) is 0 Å². The van der Waals surface area contributed by atoms with Crippen LogP contribution in [0.5, 0.6) is 0 Å². The second-order valence-electron chi connectivity index (χ2n) is 8.00. The first-order valence-corrected chi connectivity index (χ1v) is 13.3. The highest BCUT2D eigenvalue weighted by molar-refractivity contribution is 7.93. The molecule has 0 spiro atoms. The molecule has 1 aliphatic heterocycles. The Morgan fingerprint density at radius 1 is 1.03 bits per heavy atom. The van der Waals surface area contributed by atoms with Crippen molar-refractivity contribution in [2.45, 2.75) is 23.1 Å². The summed E-state index contributed by atoms with van der Waals surface area (Å²) < 4.78 is 59.3. The molecule has 1 amide bonds. The summed E-state index contributed by atoms with van der Waals surface area (Å²) in [6.07, 6.45) is -4.18. The lowest BCUT2D eigenvalue weighted by molar-refractivity contribution is -0.275. The molecule has 0 N–H and O–H groups in total. The summed E-state index contributed by atoms with van der Waals surface area (Å²) in [4.78, 5) is 17.8. The van der Waals surface area contributed by atoms with Crippen LogP contribution in [-0.2, 0) is 20.2 Å². The van der Waals surface area contributed by atoms with Crippen LogP contribution in [0.1, 0.15) is 27.9 Å². The lowest BCUT2D eigenvalue weighted by Crippen LogP contribution is -2.42. The molecular weight excluding hydrogens is 560 g/mol. The summed E-state index contributed by atoms with van der Waals surface area (Å²) in [6, 6.07) is 15.5. The van der Waals surface area contributed by atoms with E-state index in [1.165, 1.54) is 48.7 Å². The number of amides is 1. The van der Waals surface area contributed by atoms with E-state index in [9.17, 15) is 22.2 Å². The summed E-state index contributed by atoms with van der Waals surface area (Å²) >= 11 is 17.9. The third kappa shape index (κ3) is 5.11. The Hall–Kier alpha value is -2.59. The van der Waals surface area contributed by atoms with Crippen molar-refractivity contribution >= 4 is 56.2 Å². The lowest BCUT2D eigenvalue weighted by Gasteiger charge is -2.29. The van der Waals surface area contributed by atoms with Gasteiger partial charge in [-0.1, -0.05) is 64.2 Å². The zero-order valence-corrected chi connectivity index (χ0v) is 21.4. The second kappa shape index (κ2) is 9.70. The summed E-state index contributed by atoms with van der Waals surface area (Å²) in [6.45, 7) is 0. The number of hydrogen-bond donors (Lipinski definition) is 0. The first-order chi connectivity index (χ1) is 16.8. The molecule has 2 unspecified atom stereocenters. The van der Waals surface area contributed by atoms with Gasteiger partial charge in [0, 0.05) is 33.8 Å². The van der Waals surface area contributed by atoms with E-state index < -0.39 is 33.8 Å². The second-order valence-corrected chi connectivity index (χ2v) is 11.5. The minimum absolute atomic E-state index is 0.00900. The van der Waals surface area contributed by atoms with Gasteiger partial charge in [0.15, 0.2) is 0 Å². The van der Waals surface area contributed by atoms with Crippen LogP contribution in [-0.4, -0.2) is 28.3 Å². The highest BCUT2D eigenvalue weighted by atomic mass is 35.5. The van der Waals surface area contributed by atoms with Gasteiger partial charge in [-0.05, 0) is 48.0 Å². The maximum atomic E-state index is 14.2. The van der Waals surface area contributed by atoms with E-state index in [-0.39, 0.29) is 36.8 Å². The molecular formula is C24H16Cl3F3N2O3S. The van der Waals surface area contributed by atoms with Crippen LogP contribution in [0.25, 0.3) is 0 Å². The molecule has 0 bridgehead atoms. The summed E-state index contributed by atoms with van der Waals surface area (Å²) in [5, 5.41) is 3.94. The molecule has 36 heavy (non-hydrogen) atoms. The summed E-state index contributed by atoms with van der Waals surface area (Å²) in [5.74, 6) is -0.767. The molecule has 3 aromatic carbocycles. The summed E-state index contributed by atoms with van der Waals surface area (Å²) in [7, 11) is -3.13. The van der Waals surface area contributed by atoms with Gasteiger partial charge in [0.25, 0.3) is 11.5 Å². The van der Waals surface area contributed by atoms with Crippen LogP contribution in [0, 0.1) is 0 Å². The predicted molar refractivity (Wildman–Crippen MR) is 133 cm³/mol. The molecule has 1 heterocycles. The number of rotatable bonds is 4. The molecule has 0 saturated carbocycles. The molecule has 0 aliphatic carbocycles. The number of hydrogen-bond acceptors (Lipinski definition) is 4. The van der Waals surface area contributed by atoms with Crippen molar-refractivity contribution in [2.24, 2.45) is 9.52 Å². The van der Waals surface area contributed by atoms with Crippen LogP contribution in [0.4, 0.5) is 13.2 Å². The molecule has 12 heteroatoms. The molecule has 1 aliphatic rings. The normalized spacial score (nSPS) is 19.2. The molecule has 0 fully saturated rings. The van der Waals surface area contributed by atoms with Crippen molar-refractivity contribution in [1.29, 1.82) is 0 Å². The van der Waals surface area contributed by atoms with Crippen LogP contribution >= 0.6 is 34.8 Å². The Kier molecular flexibility index (Phi) is 7.13. The van der Waals surface area contributed by atoms with E-state index in [0.29, 0.717) is 5.56 Å². The average Bonchev–Trinajstić information content (AvgIpc) is 3.26. The number of carbonyl (C=O) groups excluding carboxylic acids is 1. The maximum Gasteiger partial charge on any atom is 0.435 e. The van der Waals surface area contributed by atoms with E-state index >= 15 is 0 Å². The minimum Gasteiger partial charge on any atom is -0.374 e. The van der Waals surface area contributed by atoms with Crippen molar-refractivity contribution in [2.75, 3.05) is 6.26 Å². The van der Waals surface area contributed by atoms with E-state index in [1.54, 1.807) is 12.1 Å². The highest BCUT2D eigenvalue weighted by Gasteiger charge is 2.62. The van der Waals surface area contributed by atoms with Crippen molar-refractivity contribution in [3.05, 3.63) is 98.5 Å². The van der Waals surface area contributed by atoms with Gasteiger partial charge in [0.1, 0.15) is 0 Å². The smallest absolute Gasteiger partial charge is 0.374 e. The molecule has 0 saturated heterocycles. The minimum atomic E-state index is -4.83. The zero-order valence-electron chi connectivity index (χ0n) is 18.4. The van der Waals surface area contributed by atoms with Gasteiger partial charge in [0.05, 0.1) is 25.4 Å². The van der Waals surface area contributed by atoms with Gasteiger partial charge >= 0.3 is 6.18 Å². The highest BCUT2D eigenvalue weighted by Crippen LogP contribution is 2.49. The average molecular weight is 576 g/mol. The molecule has 5 nitrogen and oxygen atoms in total. The monoisotopic (exact) mass is 574 g/mol. The first-order valence-electron chi connectivity index (χ1n) is 10.2. The zero-order chi connectivity index (χ0) is 26.3. The van der Waals surface area contributed by atoms with Gasteiger partial charge in [0.2, 0.25) is 0 Å². The van der Waals surface area contributed by atoms with E-state index in [4.69, 9.17) is 39.6 Å². The molecule has 2 atom stereocenters. The van der Waals surface area contributed by atoms with Gasteiger partial charge in [-0.3, -0.25) is 4.79 Å².